The van der Waals surface area contributed by atoms with Crippen LogP contribution in [0.25, 0.3) is 27.8 Å². The van der Waals surface area contributed by atoms with Gasteiger partial charge in [-0.15, -0.1) is 4.57 Å². The van der Waals surface area contributed by atoms with Crippen molar-refractivity contribution >= 4 is 45.6 Å². The molecule has 2 amide bonds. The Hall–Kier alpha value is -4.20. The first-order valence-electron chi connectivity index (χ1n) is 12.6. The summed E-state index contributed by atoms with van der Waals surface area (Å²) in [5, 5.41) is 5.76. The lowest BCUT2D eigenvalue weighted by atomic mass is 10.1. The Kier molecular flexibility index (Phi) is 7.02. The molecule has 8 nitrogen and oxygen atoms in total. The zero-order valence-corrected chi connectivity index (χ0v) is 23.2. The van der Waals surface area contributed by atoms with Crippen LogP contribution in [0.5, 0.6) is 0 Å². The minimum Gasteiger partial charge on any atom is -0.444 e. The van der Waals surface area contributed by atoms with E-state index in [2.05, 4.69) is 15.2 Å². The summed E-state index contributed by atoms with van der Waals surface area (Å²) in [5.41, 5.74) is 5.72. The maximum atomic E-state index is 12.6. The summed E-state index contributed by atoms with van der Waals surface area (Å²) in [6.45, 7) is 14.8. The van der Waals surface area contributed by atoms with Crippen molar-refractivity contribution in [3.8, 4) is 5.69 Å². The summed E-state index contributed by atoms with van der Waals surface area (Å²) < 4.78 is 13.0. The predicted octanol–water partition coefficient (Wildman–Crippen LogP) is 6.98. The number of aryl methyl sites for hydroxylation is 2. The lowest BCUT2D eigenvalue weighted by molar-refractivity contribution is -0.538. The average Bonchev–Trinajstić information content (AvgIpc) is 2.77. The number of carbonyl (C=O) groups excluding carboxylic acids is 2. The third kappa shape index (κ3) is 6.19. The summed E-state index contributed by atoms with van der Waals surface area (Å²) in [5.74, 6) is 0. The second-order valence-electron chi connectivity index (χ2n) is 11.3. The first-order valence-corrected chi connectivity index (χ1v) is 12.6. The Balaban J connectivity index is 1.92. The second kappa shape index (κ2) is 9.93. The molecule has 2 N–H and O–H groups in total. The van der Waals surface area contributed by atoms with E-state index in [4.69, 9.17) is 14.5 Å². The van der Waals surface area contributed by atoms with Crippen LogP contribution in [0.4, 0.5) is 21.0 Å². The molecule has 0 spiro atoms. The van der Waals surface area contributed by atoms with E-state index in [1.165, 1.54) is 0 Å². The number of amides is 2. The largest absolute Gasteiger partial charge is 0.444 e. The highest BCUT2D eigenvalue weighted by molar-refractivity contribution is 5.93. The van der Waals surface area contributed by atoms with E-state index in [0.717, 1.165) is 38.9 Å². The number of nitrogens with one attached hydrogen (secondary N) is 2. The van der Waals surface area contributed by atoms with Gasteiger partial charge >= 0.3 is 12.2 Å². The molecule has 0 atom stereocenters. The van der Waals surface area contributed by atoms with Gasteiger partial charge in [-0.3, -0.25) is 10.6 Å². The molecule has 0 aliphatic rings. The molecule has 0 saturated heterocycles. The minimum atomic E-state index is -0.619. The molecule has 198 valence electrons. The molecular formula is C30H35N4O4+. The van der Waals surface area contributed by atoms with Crippen molar-refractivity contribution in [3.63, 3.8) is 0 Å². The fourth-order valence-electron chi connectivity index (χ4n) is 4.11. The Bertz CT molecular complexity index is 1440. The van der Waals surface area contributed by atoms with Crippen LogP contribution in [-0.2, 0) is 9.47 Å². The van der Waals surface area contributed by atoms with Gasteiger partial charge in [0.25, 0.3) is 0 Å². The van der Waals surface area contributed by atoms with Crippen LogP contribution in [0.1, 0.15) is 52.7 Å². The Morgan fingerprint density at radius 2 is 1.13 bits per heavy atom. The number of nitrogens with zero attached hydrogens (tertiary/aromatic N) is 2. The molecule has 4 aromatic rings. The zero-order valence-electron chi connectivity index (χ0n) is 23.2. The molecular weight excluding hydrogens is 480 g/mol. The van der Waals surface area contributed by atoms with Crippen molar-refractivity contribution in [2.45, 2.75) is 66.6 Å². The molecule has 0 saturated carbocycles. The number of fused-ring (bicyclic) bond motifs is 2. The van der Waals surface area contributed by atoms with E-state index in [-0.39, 0.29) is 0 Å². The maximum Gasteiger partial charge on any atom is 0.412 e. The van der Waals surface area contributed by atoms with Gasteiger partial charge in [-0.05, 0) is 78.6 Å². The number of benzene rings is 3. The molecule has 0 unspecified atom stereocenters. The molecule has 0 aliphatic carbocycles. The van der Waals surface area contributed by atoms with Crippen molar-refractivity contribution in [2.24, 2.45) is 0 Å². The molecule has 1 heterocycles. The Morgan fingerprint density at radius 1 is 0.711 bits per heavy atom. The molecule has 4 rings (SSSR count). The molecule has 0 radical (unpaired) electrons. The van der Waals surface area contributed by atoms with E-state index in [1.807, 2.05) is 110 Å². The topological polar surface area (TPSA) is 93.4 Å². The molecule has 38 heavy (non-hydrogen) atoms. The van der Waals surface area contributed by atoms with Crippen molar-refractivity contribution < 1.29 is 23.6 Å². The van der Waals surface area contributed by atoms with Gasteiger partial charge in [0.05, 0.1) is 11.4 Å². The fraction of sp³-hybridized carbons (Fsp3) is 0.333. The lowest BCUT2D eigenvalue weighted by Crippen LogP contribution is -2.34. The summed E-state index contributed by atoms with van der Waals surface area (Å²) >= 11 is 0. The third-order valence-electron chi connectivity index (χ3n) is 5.65. The van der Waals surface area contributed by atoms with Gasteiger partial charge in [0.2, 0.25) is 16.7 Å². The van der Waals surface area contributed by atoms with E-state index in [1.54, 1.807) is 0 Å². The Morgan fingerprint density at radius 3 is 1.53 bits per heavy atom. The van der Waals surface area contributed by atoms with Crippen molar-refractivity contribution in [1.82, 2.24) is 4.98 Å². The molecule has 0 fully saturated rings. The normalized spacial score (nSPS) is 11.9. The van der Waals surface area contributed by atoms with Gasteiger partial charge in [0, 0.05) is 24.3 Å². The van der Waals surface area contributed by atoms with Crippen LogP contribution in [0.3, 0.4) is 0 Å². The first kappa shape index (κ1) is 26.9. The van der Waals surface area contributed by atoms with E-state index in [9.17, 15) is 9.59 Å². The van der Waals surface area contributed by atoms with Crippen molar-refractivity contribution in [3.05, 3.63) is 65.7 Å². The quantitative estimate of drug-likeness (QED) is 0.227. The lowest BCUT2D eigenvalue weighted by Gasteiger charge is -2.20. The van der Waals surface area contributed by atoms with Crippen LogP contribution in [0.15, 0.2) is 54.6 Å². The smallest absolute Gasteiger partial charge is 0.412 e. The number of aromatic nitrogens is 2. The molecule has 3 aromatic carbocycles. The average molecular weight is 516 g/mol. The zero-order chi connectivity index (χ0) is 27.8. The van der Waals surface area contributed by atoms with Crippen LogP contribution in [0, 0.1) is 13.8 Å². The van der Waals surface area contributed by atoms with E-state index >= 15 is 0 Å². The van der Waals surface area contributed by atoms with Crippen LogP contribution in [0.2, 0.25) is 0 Å². The SMILES string of the molecule is Cc1cc2nc3cc(C)c(NC(=O)OC(C)(C)C)cc3[n+](-c3ccccc3)c2cc1NC(=O)OC(C)(C)C. The van der Waals surface area contributed by atoms with Gasteiger partial charge in [-0.25, -0.2) is 14.6 Å². The highest BCUT2D eigenvalue weighted by atomic mass is 16.6. The summed E-state index contributed by atoms with van der Waals surface area (Å²) in [6.07, 6.45) is -1.06. The Labute approximate surface area is 223 Å². The van der Waals surface area contributed by atoms with Crippen LogP contribution in [-0.4, -0.2) is 28.4 Å². The fourth-order valence-corrected chi connectivity index (χ4v) is 4.11. The van der Waals surface area contributed by atoms with Crippen molar-refractivity contribution in [2.75, 3.05) is 10.6 Å². The summed E-state index contributed by atoms with van der Waals surface area (Å²) in [4.78, 5) is 30.1. The first-order chi connectivity index (χ1) is 17.7. The number of anilines is 2. The maximum absolute atomic E-state index is 12.6. The standard InChI is InChI=1S/C30H34N4O4/c1-18-14-23-25(16-21(18)32-27(35)37-29(3,4)5)34(20-12-10-9-11-13-20)26-17-22(19(2)15-24(26)31-23)33-28(36)38-30(6,7)8/h9-17H,1-8H3,(H,32,33,35,36)/p+1. The van der Waals surface area contributed by atoms with Crippen LogP contribution >= 0.6 is 0 Å². The minimum absolute atomic E-state index is 0.528. The van der Waals surface area contributed by atoms with Gasteiger partial charge in [-0.1, -0.05) is 18.2 Å². The summed E-state index contributed by atoms with van der Waals surface area (Å²) in [7, 11) is 0. The third-order valence-corrected chi connectivity index (χ3v) is 5.65. The number of para-hydroxylation sites is 1. The second-order valence-corrected chi connectivity index (χ2v) is 11.3. The summed E-state index contributed by atoms with van der Waals surface area (Å²) in [6, 6.07) is 17.6. The van der Waals surface area contributed by atoms with E-state index in [0.29, 0.717) is 11.4 Å². The van der Waals surface area contributed by atoms with Gasteiger partial charge in [0.15, 0.2) is 0 Å². The molecule has 1 aromatic heterocycles. The molecule has 8 heteroatoms. The highest BCUT2D eigenvalue weighted by Crippen LogP contribution is 2.28. The molecule has 0 aliphatic heterocycles. The highest BCUT2D eigenvalue weighted by Gasteiger charge is 2.24. The van der Waals surface area contributed by atoms with Crippen molar-refractivity contribution in [1.29, 1.82) is 0 Å². The molecule has 0 bridgehead atoms. The number of hydrogen-bond acceptors (Lipinski definition) is 5. The predicted molar refractivity (Wildman–Crippen MR) is 150 cm³/mol. The van der Waals surface area contributed by atoms with Gasteiger partial charge < -0.3 is 9.47 Å². The number of ether oxygens (including phenoxy) is 2. The number of carbonyl (C=O) groups is 2. The monoisotopic (exact) mass is 515 g/mol. The van der Waals surface area contributed by atoms with Gasteiger partial charge in [0.1, 0.15) is 22.2 Å². The number of hydrogen-bond donors (Lipinski definition) is 2. The van der Waals surface area contributed by atoms with E-state index < -0.39 is 23.4 Å². The van der Waals surface area contributed by atoms with Crippen LogP contribution < -0.4 is 15.2 Å². The number of rotatable bonds is 3. The van der Waals surface area contributed by atoms with Gasteiger partial charge in [-0.2, -0.15) is 0 Å².